The third-order valence-corrected chi connectivity index (χ3v) is 15.8. The number of aromatic nitrogens is 1. The van der Waals surface area contributed by atoms with Gasteiger partial charge in [0, 0.05) is 38.6 Å². The number of hydrogen-bond donors (Lipinski definition) is 0. The Bertz CT molecular complexity index is 3240. The van der Waals surface area contributed by atoms with Gasteiger partial charge in [-0.15, -0.1) is 0 Å². The lowest BCUT2D eigenvalue weighted by Crippen LogP contribution is -2.37. The molecule has 2 nitrogen and oxygen atoms in total. The topological polar surface area (TPSA) is 8.17 Å². The summed E-state index contributed by atoms with van der Waals surface area (Å²) in [7, 11) is -1.48. The molecule has 2 aliphatic carbocycles. The van der Waals surface area contributed by atoms with Crippen molar-refractivity contribution in [1.82, 2.24) is 4.57 Å². The first kappa shape index (κ1) is 37.6. The standard InChI is InChI=1S/C58H52N2Si/c1-57(2)33-32-54-49(37-57)48-34-40(38-16-9-8-10-17-38)24-31-53(48)60(54)55-36-51-56(46-22-14-13-21-45(46)55)47-30-27-42(35-50(47)58(51,3)4)59(41-25-28-43(29-26-41)61(5,6)7)52-23-15-19-39-18-11-12-20-44(39)52/h8-36H,37H2,1-7H3. The van der Waals surface area contributed by atoms with Crippen molar-refractivity contribution in [3.8, 4) is 27.9 Å². The number of hydrogen-bond acceptors (Lipinski definition) is 1. The number of anilines is 3. The highest BCUT2D eigenvalue weighted by atomic mass is 28.3. The van der Waals surface area contributed by atoms with Gasteiger partial charge in [0.2, 0.25) is 0 Å². The fourth-order valence-electron chi connectivity index (χ4n) is 10.4. The smallest absolute Gasteiger partial charge is 0.0775 e. The van der Waals surface area contributed by atoms with Crippen molar-refractivity contribution in [1.29, 1.82) is 0 Å². The number of nitrogens with zero attached hydrogens (tertiary/aromatic N) is 2. The van der Waals surface area contributed by atoms with Gasteiger partial charge in [0.1, 0.15) is 0 Å². The summed E-state index contributed by atoms with van der Waals surface area (Å²) in [5.74, 6) is 0. The molecule has 11 rings (SSSR count). The number of allylic oxidation sites excluding steroid dienone is 1. The molecule has 0 radical (unpaired) electrons. The van der Waals surface area contributed by atoms with Gasteiger partial charge in [-0.05, 0) is 116 Å². The summed E-state index contributed by atoms with van der Waals surface area (Å²) < 4.78 is 2.57. The number of rotatable bonds is 6. The van der Waals surface area contributed by atoms with Crippen molar-refractivity contribution < 1.29 is 0 Å². The predicted octanol–water partition coefficient (Wildman–Crippen LogP) is 15.5. The molecule has 2 aliphatic rings. The van der Waals surface area contributed by atoms with Crippen LogP contribution in [0.2, 0.25) is 19.6 Å². The van der Waals surface area contributed by atoms with Crippen LogP contribution in [0.15, 0.2) is 170 Å². The zero-order chi connectivity index (χ0) is 41.8. The summed E-state index contributed by atoms with van der Waals surface area (Å²) in [4.78, 5) is 2.48. The summed E-state index contributed by atoms with van der Waals surface area (Å²) in [5, 5.41) is 7.88. The third-order valence-electron chi connectivity index (χ3n) is 13.7. The van der Waals surface area contributed by atoms with Crippen LogP contribution in [0.1, 0.15) is 50.1 Å². The van der Waals surface area contributed by atoms with Gasteiger partial charge in [0.15, 0.2) is 0 Å². The maximum absolute atomic E-state index is 2.57. The van der Waals surface area contributed by atoms with Crippen molar-refractivity contribution in [2.75, 3.05) is 4.90 Å². The van der Waals surface area contributed by atoms with Gasteiger partial charge in [-0.25, -0.2) is 0 Å². The van der Waals surface area contributed by atoms with Gasteiger partial charge >= 0.3 is 0 Å². The average Bonchev–Trinajstić information content (AvgIpc) is 3.69. The van der Waals surface area contributed by atoms with Crippen molar-refractivity contribution in [2.24, 2.45) is 5.41 Å². The molecular weight excluding hydrogens is 753 g/mol. The molecule has 0 saturated carbocycles. The summed E-state index contributed by atoms with van der Waals surface area (Å²) in [6.07, 6.45) is 5.81. The van der Waals surface area contributed by atoms with E-state index in [1.54, 1.807) is 0 Å². The molecule has 0 atom stereocenters. The van der Waals surface area contributed by atoms with Gasteiger partial charge in [0.25, 0.3) is 0 Å². The largest absolute Gasteiger partial charge is 0.310 e. The SMILES string of the molecule is CC1(C)C=Cc2c(c3cc(-c4ccccc4)ccc3n2-c2cc3c(c4ccccc24)-c2ccc(N(c4ccc([Si](C)(C)C)cc4)c4cccc5ccccc45)cc2C3(C)C)C1. The molecular formula is C58H52N2Si. The Labute approximate surface area is 361 Å². The molecule has 0 fully saturated rings. The molecule has 8 aromatic carbocycles. The van der Waals surface area contributed by atoms with Crippen molar-refractivity contribution in [2.45, 2.75) is 59.2 Å². The Kier molecular flexibility index (Phi) is 8.34. The lowest BCUT2D eigenvalue weighted by molar-refractivity contribution is 0.476. The van der Waals surface area contributed by atoms with Crippen LogP contribution in [-0.4, -0.2) is 12.6 Å². The molecule has 0 unspecified atom stereocenters. The normalized spacial score (nSPS) is 14.9. The molecule has 0 spiro atoms. The summed E-state index contributed by atoms with van der Waals surface area (Å²) in [5.41, 5.74) is 16.5. The molecule has 0 amide bonds. The summed E-state index contributed by atoms with van der Waals surface area (Å²) in [6.45, 7) is 16.9. The number of fused-ring (bicyclic) bond motifs is 9. The first-order valence-corrected chi connectivity index (χ1v) is 25.4. The van der Waals surface area contributed by atoms with Gasteiger partial charge < -0.3 is 9.47 Å². The van der Waals surface area contributed by atoms with Gasteiger partial charge in [-0.3, -0.25) is 0 Å². The van der Waals surface area contributed by atoms with Crippen molar-refractivity contribution in [3.63, 3.8) is 0 Å². The monoisotopic (exact) mass is 804 g/mol. The molecule has 0 bridgehead atoms. The maximum Gasteiger partial charge on any atom is 0.0775 e. The quantitative estimate of drug-likeness (QED) is 0.152. The average molecular weight is 805 g/mol. The first-order chi connectivity index (χ1) is 29.4. The fraction of sp³-hybridized carbons (Fsp3) is 0.172. The van der Waals surface area contributed by atoms with E-state index in [0.717, 1.165) is 6.42 Å². The maximum atomic E-state index is 2.57. The highest BCUT2D eigenvalue weighted by molar-refractivity contribution is 6.88. The zero-order valence-electron chi connectivity index (χ0n) is 36.3. The molecule has 0 N–H and O–H groups in total. The van der Waals surface area contributed by atoms with Crippen LogP contribution < -0.4 is 10.1 Å². The van der Waals surface area contributed by atoms with E-state index >= 15 is 0 Å². The molecule has 298 valence electrons. The summed E-state index contributed by atoms with van der Waals surface area (Å²) in [6, 6.07) is 61.7. The van der Waals surface area contributed by atoms with Crippen molar-refractivity contribution in [3.05, 3.63) is 192 Å². The highest BCUT2D eigenvalue weighted by Crippen LogP contribution is 2.55. The molecule has 1 heterocycles. The molecule has 1 aromatic heterocycles. The molecule has 9 aromatic rings. The van der Waals surface area contributed by atoms with Gasteiger partial charge in [-0.1, -0.05) is 174 Å². The first-order valence-electron chi connectivity index (χ1n) is 21.9. The minimum absolute atomic E-state index is 0.0759. The van der Waals surface area contributed by atoms with Crippen LogP contribution >= 0.6 is 0 Å². The fourth-order valence-corrected chi connectivity index (χ4v) is 11.6. The van der Waals surface area contributed by atoms with Gasteiger partial charge in [0.05, 0.1) is 25.0 Å². The van der Waals surface area contributed by atoms with E-state index in [4.69, 9.17) is 0 Å². The van der Waals surface area contributed by atoms with Crippen LogP contribution in [0.5, 0.6) is 0 Å². The molecule has 3 heteroatoms. The second-order valence-corrected chi connectivity index (χ2v) is 24.7. The lowest BCUT2D eigenvalue weighted by atomic mass is 9.80. The Balaban J connectivity index is 1.11. The summed E-state index contributed by atoms with van der Waals surface area (Å²) >= 11 is 0. The minimum atomic E-state index is -1.48. The Morgan fingerprint density at radius 2 is 1.25 bits per heavy atom. The van der Waals surface area contributed by atoms with Crippen LogP contribution in [0.4, 0.5) is 17.1 Å². The predicted molar refractivity (Wildman–Crippen MR) is 265 cm³/mol. The van der Waals surface area contributed by atoms with Crippen LogP contribution in [0.25, 0.3) is 66.5 Å². The minimum Gasteiger partial charge on any atom is -0.310 e. The third kappa shape index (κ3) is 5.96. The lowest BCUT2D eigenvalue weighted by Gasteiger charge is -2.29. The van der Waals surface area contributed by atoms with E-state index in [1.807, 2.05) is 0 Å². The van der Waals surface area contributed by atoms with E-state index < -0.39 is 8.07 Å². The Morgan fingerprint density at radius 1 is 0.557 bits per heavy atom. The second-order valence-electron chi connectivity index (χ2n) is 19.6. The number of benzene rings is 8. The van der Waals surface area contributed by atoms with Gasteiger partial charge in [-0.2, -0.15) is 0 Å². The second kappa shape index (κ2) is 13.5. The Morgan fingerprint density at radius 3 is 2.02 bits per heavy atom. The van der Waals surface area contributed by atoms with Crippen LogP contribution in [-0.2, 0) is 11.8 Å². The highest BCUT2D eigenvalue weighted by Gasteiger charge is 2.39. The van der Waals surface area contributed by atoms with Crippen LogP contribution in [0, 0.1) is 5.41 Å². The van der Waals surface area contributed by atoms with E-state index in [9.17, 15) is 0 Å². The molecule has 0 aliphatic heterocycles. The molecule has 0 saturated heterocycles. The van der Waals surface area contributed by atoms with Crippen molar-refractivity contribution >= 4 is 68.8 Å². The molecule has 61 heavy (non-hydrogen) atoms. The zero-order valence-corrected chi connectivity index (χ0v) is 37.3. The van der Waals surface area contributed by atoms with E-state index in [-0.39, 0.29) is 10.8 Å². The Hall–Kier alpha value is -6.42. The van der Waals surface area contributed by atoms with Crippen LogP contribution in [0.3, 0.4) is 0 Å². The van der Waals surface area contributed by atoms with E-state index in [1.165, 1.54) is 105 Å². The van der Waals surface area contributed by atoms with E-state index in [0.29, 0.717) is 0 Å². The van der Waals surface area contributed by atoms with E-state index in [2.05, 4.69) is 233 Å².